The van der Waals surface area contributed by atoms with Crippen LogP contribution in [0.15, 0.2) is 34.5 Å². The highest BCUT2D eigenvalue weighted by Gasteiger charge is 2.09. The van der Waals surface area contributed by atoms with E-state index in [0.717, 1.165) is 4.90 Å². The minimum Gasteiger partial charge on any atom is -0.398 e. The maximum atomic E-state index is 11.8. The first-order valence-corrected chi connectivity index (χ1v) is 8.29. The lowest BCUT2D eigenvalue weighted by Gasteiger charge is -2.06. The summed E-state index contributed by atoms with van der Waals surface area (Å²) >= 11 is 8.73. The highest BCUT2D eigenvalue weighted by molar-refractivity contribution is 7.99. The average molecular weight is 338 g/mol. The van der Waals surface area contributed by atoms with Crippen molar-refractivity contribution in [3.63, 3.8) is 0 Å². The van der Waals surface area contributed by atoms with Crippen molar-refractivity contribution < 1.29 is 4.79 Å². The van der Waals surface area contributed by atoms with Crippen LogP contribution in [0.2, 0.25) is 5.02 Å². The second kappa shape index (κ2) is 7.36. The van der Waals surface area contributed by atoms with Crippen LogP contribution in [-0.4, -0.2) is 11.7 Å². The summed E-state index contributed by atoms with van der Waals surface area (Å²) in [5, 5.41) is 14.6. The summed E-state index contributed by atoms with van der Waals surface area (Å²) in [6.45, 7) is 0. The molecule has 108 valence electrons. The predicted molar refractivity (Wildman–Crippen MR) is 88.9 cm³/mol. The molecule has 0 atom stereocenters. The van der Waals surface area contributed by atoms with Crippen LogP contribution >= 0.6 is 34.7 Å². The number of halogens is 1. The molecule has 0 unspecified atom stereocenters. The molecule has 7 heteroatoms. The number of benzene rings is 1. The summed E-state index contributed by atoms with van der Waals surface area (Å²) in [5.74, 6) is 0.464. The van der Waals surface area contributed by atoms with Crippen molar-refractivity contribution in [1.29, 1.82) is 5.26 Å². The van der Waals surface area contributed by atoms with Gasteiger partial charge in [0, 0.05) is 27.8 Å². The molecule has 21 heavy (non-hydrogen) atoms. The standard InChI is InChI=1S/C14H12ClN3OS2/c15-10-1-2-11(17)12(7-10)20-6-4-13(19)18-14-9(8-16)3-5-21-14/h1-3,5,7H,4,6,17H2,(H,18,19). The number of hydrogen-bond acceptors (Lipinski definition) is 5. The lowest BCUT2D eigenvalue weighted by molar-refractivity contribution is -0.115. The first-order valence-electron chi connectivity index (χ1n) is 6.05. The molecule has 0 saturated heterocycles. The quantitative estimate of drug-likeness (QED) is 0.639. The van der Waals surface area contributed by atoms with Crippen molar-refractivity contribution in [2.45, 2.75) is 11.3 Å². The summed E-state index contributed by atoms with van der Waals surface area (Å²) in [6, 6.07) is 8.98. The fourth-order valence-corrected chi connectivity index (χ4v) is 3.51. The van der Waals surface area contributed by atoms with Crippen molar-refractivity contribution in [3.8, 4) is 6.07 Å². The van der Waals surface area contributed by atoms with Crippen LogP contribution in [0.3, 0.4) is 0 Å². The third-order valence-corrected chi connectivity index (χ3v) is 4.74. The highest BCUT2D eigenvalue weighted by atomic mass is 35.5. The van der Waals surface area contributed by atoms with Gasteiger partial charge in [0.2, 0.25) is 5.91 Å². The second-order valence-electron chi connectivity index (χ2n) is 4.10. The van der Waals surface area contributed by atoms with Gasteiger partial charge in [-0.25, -0.2) is 0 Å². The van der Waals surface area contributed by atoms with Gasteiger partial charge in [0.1, 0.15) is 11.1 Å². The molecule has 0 aliphatic rings. The van der Waals surface area contributed by atoms with Crippen LogP contribution in [0.25, 0.3) is 0 Å². The van der Waals surface area contributed by atoms with Crippen LogP contribution in [0.4, 0.5) is 10.7 Å². The van der Waals surface area contributed by atoms with E-state index in [1.165, 1.54) is 23.1 Å². The molecule has 0 radical (unpaired) electrons. The molecule has 0 fully saturated rings. The van der Waals surface area contributed by atoms with Crippen molar-refractivity contribution in [1.82, 2.24) is 0 Å². The zero-order valence-corrected chi connectivity index (χ0v) is 13.3. The van der Waals surface area contributed by atoms with Gasteiger partial charge in [0.05, 0.1) is 5.56 Å². The van der Waals surface area contributed by atoms with Crippen LogP contribution in [-0.2, 0) is 4.79 Å². The van der Waals surface area contributed by atoms with Crippen molar-refractivity contribution in [2.75, 3.05) is 16.8 Å². The number of rotatable bonds is 5. The molecule has 4 nitrogen and oxygen atoms in total. The molecular weight excluding hydrogens is 326 g/mol. The Labute approximate surface area is 135 Å². The summed E-state index contributed by atoms with van der Waals surface area (Å²) < 4.78 is 0. The van der Waals surface area contributed by atoms with Crippen LogP contribution in [0.5, 0.6) is 0 Å². The van der Waals surface area contributed by atoms with Gasteiger partial charge in [0.15, 0.2) is 0 Å². The lowest BCUT2D eigenvalue weighted by atomic mass is 10.3. The number of hydrogen-bond donors (Lipinski definition) is 2. The first-order chi connectivity index (χ1) is 10.1. The Morgan fingerprint density at radius 1 is 1.48 bits per heavy atom. The Morgan fingerprint density at radius 2 is 2.29 bits per heavy atom. The number of amides is 1. The van der Waals surface area contributed by atoms with E-state index in [0.29, 0.717) is 33.4 Å². The Morgan fingerprint density at radius 3 is 3.05 bits per heavy atom. The molecular formula is C14H12ClN3OS2. The van der Waals surface area contributed by atoms with Crippen molar-refractivity contribution in [3.05, 3.63) is 40.2 Å². The van der Waals surface area contributed by atoms with Gasteiger partial charge < -0.3 is 11.1 Å². The van der Waals surface area contributed by atoms with Crippen molar-refractivity contribution >= 4 is 51.3 Å². The molecule has 2 aromatic rings. The monoisotopic (exact) mass is 337 g/mol. The first kappa shape index (κ1) is 15.7. The molecule has 1 heterocycles. The van der Waals surface area contributed by atoms with Crippen LogP contribution in [0.1, 0.15) is 12.0 Å². The smallest absolute Gasteiger partial charge is 0.225 e. The summed E-state index contributed by atoms with van der Waals surface area (Å²) in [6.07, 6.45) is 0.333. The second-order valence-corrected chi connectivity index (χ2v) is 6.59. The topological polar surface area (TPSA) is 78.9 Å². The molecule has 0 spiro atoms. The molecule has 0 aliphatic carbocycles. The minimum atomic E-state index is -0.123. The maximum Gasteiger partial charge on any atom is 0.225 e. The van der Waals surface area contributed by atoms with Gasteiger partial charge in [-0.3, -0.25) is 4.79 Å². The van der Waals surface area contributed by atoms with E-state index in [-0.39, 0.29) is 5.91 Å². The van der Waals surface area contributed by atoms with Crippen molar-refractivity contribution in [2.24, 2.45) is 0 Å². The van der Waals surface area contributed by atoms with E-state index in [1.54, 1.807) is 29.6 Å². The van der Waals surface area contributed by atoms with Gasteiger partial charge in [0.25, 0.3) is 0 Å². The summed E-state index contributed by atoms with van der Waals surface area (Å²) in [7, 11) is 0. The van der Waals surface area contributed by atoms with E-state index in [2.05, 4.69) is 5.32 Å². The SMILES string of the molecule is N#Cc1ccsc1NC(=O)CCSc1cc(Cl)ccc1N. The molecule has 0 aliphatic heterocycles. The minimum absolute atomic E-state index is 0.123. The number of thioether (sulfide) groups is 1. The van der Waals surface area contributed by atoms with Gasteiger partial charge in [-0.1, -0.05) is 11.6 Å². The number of carbonyl (C=O) groups is 1. The largest absolute Gasteiger partial charge is 0.398 e. The highest BCUT2D eigenvalue weighted by Crippen LogP contribution is 2.29. The molecule has 1 aromatic heterocycles. The Hall–Kier alpha value is -1.68. The normalized spacial score (nSPS) is 10.1. The lowest BCUT2D eigenvalue weighted by Crippen LogP contribution is -2.11. The third kappa shape index (κ3) is 4.39. The molecule has 1 aromatic carbocycles. The van der Waals surface area contributed by atoms with E-state index < -0.39 is 0 Å². The summed E-state index contributed by atoms with van der Waals surface area (Å²) in [4.78, 5) is 12.7. The van der Waals surface area contributed by atoms with E-state index in [4.69, 9.17) is 22.6 Å². The number of nitrogens with two attached hydrogens (primary N) is 1. The van der Waals surface area contributed by atoms with Gasteiger partial charge in [-0.05, 0) is 29.6 Å². The zero-order valence-electron chi connectivity index (χ0n) is 10.9. The molecule has 0 saturated carbocycles. The number of nitrogen functional groups attached to an aromatic ring is 1. The summed E-state index contributed by atoms with van der Waals surface area (Å²) in [5.41, 5.74) is 6.97. The molecule has 1 amide bonds. The number of nitrogens with zero attached hydrogens (tertiary/aromatic N) is 1. The average Bonchev–Trinajstić information content (AvgIpc) is 2.89. The van der Waals surface area contributed by atoms with E-state index in [1.807, 2.05) is 6.07 Å². The fraction of sp³-hybridized carbons (Fsp3) is 0.143. The number of anilines is 2. The van der Waals surface area contributed by atoms with Gasteiger partial charge in [-0.15, -0.1) is 23.1 Å². The molecule has 2 rings (SSSR count). The Balaban J connectivity index is 1.85. The molecule has 0 bridgehead atoms. The Bertz CT molecular complexity index is 694. The van der Waals surface area contributed by atoms with Gasteiger partial charge >= 0.3 is 0 Å². The maximum absolute atomic E-state index is 11.8. The zero-order chi connectivity index (χ0) is 15.2. The van der Waals surface area contributed by atoms with Gasteiger partial charge in [-0.2, -0.15) is 5.26 Å². The Kier molecular flexibility index (Phi) is 5.51. The van der Waals surface area contributed by atoms with E-state index >= 15 is 0 Å². The molecule has 3 N–H and O–H groups in total. The number of thiophene rings is 1. The van der Waals surface area contributed by atoms with Crippen LogP contribution < -0.4 is 11.1 Å². The fourth-order valence-electron chi connectivity index (χ4n) is 1.57. The number of carbonyl (C=O) groups excluding carboxylic acids is 1. The predicted octanol–water partition coefficient (Wildman–Crippen LogP) is 3.98. The number of nitrogens with one attached hydrogen (secondary N) is 1. The third-order valence-electron chi connectivity index (χ3n) is 2.60. The van der Waals surface area contributed by atoms with Crippen LogP contribution in [0, 0.1) is 11.3 Å². The van der Waals surface area contributed by atoms with E-state index in [9.17, 15) is 4.79 Å². The number of nitriles is 1.